The molecule has 1 aromatic carbocycles. The number of aromatic nitrogens is 1. The largest absolute Gasteiger partial charge is 0.443 e. The molecule has 0 atom stereocenters. The number of rotatable bonds is 2. The average Bonchev–Trinajstić information content (AvgIpc) is 2.97. The molecule has 2 heterocycles. The Kier molecular flexibility index (Phi) is 4.85. The molecule has 0 bridgehead atoms. The zero-order valence-corrected chi connectivity index (χ0v) is 16.4. The molecule has 26 heavy (non-hydrogen) atoms. The molecule has 7 nitrogen and oxygen atoms in total. The van der Waals surface area contributed by atoms with Gasteiger partial charge in [0.15, 0.2) is 0 Å². The summed E-state index contributed by atoms with van der Waals surface area (Å²) in [6, 6.07) is 6.55. The van der Waals surface area contributed by atoms with Crippen LogP contribution in [0.25, 0.3) is 10.9 Å². The summed E-state index contributed by atoms with van der Waals surface area (Å²) in [7, 11) is -1.55. The molecule has 1 aliphatic rings. The summed E-state index contributed by atoms with van der Waals surface area (Å²) in [4.78, 5) is 14.7. The summed E-state index contributed by atoms with van der Waals surface area (Å²) in [5.74, 6) is 0. The Balaban J connectivity index is 1.90. The van der Waals surface area contributed by atoms with Crippen LogP contribution in [0.15, 0.2) is 35.4 Å². The molecule has 1 aliphatic heterocycles. The van der Waals surface area contributed by atoms with Crippen molar-refractivity contribution in [1.29, 1.82) is 0 Å². The minimum absolute atomic E-state index is 0.247. The Morgan fingerprint density at radius 1 is 1.08 bits per heavy atom. The van der Waals surface area contributed by atoms with Crippen molar-refractivity contribution in [2.45, 2.75) is 31.3 Å². The van der Waals surface area contributed by atoms with Crippen LogP contribution < -0.4 is 0 Å². The van der Waals surface area contributed by atoms with E-state index in [1.807, 2.05) is 7.05 Å². The first kappa shape index (κ1) is 18.9. The molecule has 3 rings (SSSR count). The van der Waals surface area contributed by atoms with Crippen LogP contribution in [0, 0.1) is 0 Å². The van der Waals surface area contributed by atoms with Crippen molar-refractivity contribution in [1.82, 2.24) is 13.8 Å². The van der Waals surface area contributed by atoms with E-state index in [1.54, 1.807) is 51.2 Å². The highest BCUT2D eigenvalue weighted by Gasteiger charge is 2.28. The van der Waals surface area contributed by atoms with Gasteiger partial charge in [0, 0.05) is 37.8 Å². The Morgan fingerprint density at radius 2 is 1.73 bits per heavy atom. The zero-order valence-electron chi connectivity index (χ0n) is 15.6. The molecule has 142 valence electrons. The number of nitrogens with zero attached hydrogens (tertiary/aromatic N) is 3. The molecule has 1 saturated heterocycles. The summed E-state index contributed by atoms with van der Waals surface area (Å²) < 4.78 is 34.0. The highest BCUT2D eigenvalue weighted by atomic mass is 32.2. The van der Waals surface area contributed by atoms with Gasteiger partial charge in [-0.15, -0.1) is 0 Å². The van der Waals surface area contributed by atoms with Crippen molar-refractivity contribution in [3.8, 4) is 0 Å². The summed E-state index contributed by atoms with van der Waals surface area (Å²) in [6.45, 7) is 7.81. The number of carbonyl (C=O) groups is 1. The van der Waals surface area contributed by atoms with E-state index in [2.05, 4.69) is 4.90 Å². The fourth-order valence-electron chi connectivity index (χ4n) is 2.93. The molecule has 0 radical (unpaired) electrons. The quantitative estimate of drug-likeness (QED) is 0.801. The van der Waals surface area contributed by atoms with E-state index in [0.717, 1.165) is 13.1 Å². The first-order valence-electron chi connectivity index (χ1n) is 8.61. The van der Waals surface area contributed by atoms with Crippen LogP contribution in [0.4, 0.5) is 4.79 Å². The van der Waals surface area contributed by atoms with Gasteiger partial charge in [-0.25, -0.2) is 13.2 Å². The maximum atomic E-state index is 12.9. The molecule has 0 unspecified atom stereocenters. The fourth-order valence-corrected chi connectivity index (χ4v) is 4.39. The van der Waals surface area contributed by atoms with Gasteiger partial charge in [-0.3, -0.25) is 4.57 Å². The number of hydrogen-bond donors (Lipinski definition) is 0. The molecule has 0 aliphatic carbocycles. The van der Waals surface area contributed by atoms with Gasteiger partial charge < -0.3 is 9.64 Å². The smallest absolute Gasteiger partial charge is 0.418 e. The molecular formula is C18H25N3O4S. The normalized spacial score (nSPS) is 17.5. The lowest BCUT2D eigenvalue weighted by Crippen LogP contribution is -2.46. The van der Waals surface area contributed by atoms with E-state index in [-0.39, 0.29) is 4.90 Å². The van der Waals surface area contributed by atoms with Crippen molar-refractivity contribution in [2.75, 3.05) is 33.2 Å². The molecule has 8 heteroatoms. The van der Waals surface area contributed by atoms with Gasteiger partial charge in [-0.2, -0.15) is 4.31 Å². The van der Waals surface area contributed by atoms with Gasteiger partial charge in [-0.05, 0) is 52.1 Å². The summed E-state index contributed by atoms with van der Waals surface area (Å²) in [5.41, 5.74) is 0.0230. The first-order valence-corrected chi connectivity index (χ1v) is 10.1. The number of benzene rings is 1. The van der Waals surface area contributed by atoms with Crippen LogP contribution in [0.5, 0.6) is 0 Å². The van der Waals surface area contributed by atoms with Crippen LogP contribution in [0.1, 0.15) is 20.8 Å². The fraction of sp³-hybridized carbons (Fsp3) is 0.500. The lowest BCUT2D eigenvalue weighted by molar-refractivity contribution is 0.0544. The standard InChI is InChI=1S/C18H25N3O4S/c1-18(2,3)25-17(22)21-8-7-14-13-15(5-6-16(14)21)26(23,24)20-11-9-19(4)10-12-20/h5-8,13H,9-12H2,1-4H3. The lowest BCUT2D eigenvalue weighted by Gasteiger charge is -2.31. The highest BCUT2D eigenvalue weighted by Crippen LogP contribution is 2.24. The van der Waals surface area contributed by atoms with Gasteiger partial charge in [0.1, 0.15) is 5.60 Å². The molecule has 1 fully saturated rings. The number of carbonyl (C=O) groups excluding carboxylic acids is 1. The molecule has 2 aromatic rings. The second-order valence-electron chi connectivity index (χ2n) is 7.59. The van der Waals surface area contributed by atoms with Crippen LogP contribution in [0.3, 0.4) is 0 Å². The zero-order chi connectivity index (χ0) is 19.1. The van der Waals surface area contributed by atoms with Gasteiger partial charge in [0.2, 0.25) is 10.0 Å². The maximum absolute atomic E-state index is 12.9. The number of likely N-dealkylation sites (N-methyl/N-ethyl adjacent to an activating group) is 1. The summed E-state index contributed by atoms with van der Waals surface area (Å²) in [5, 5.41) is 0.686. The molecule has 0 N–H and O–H groups in total. The second kappa shape index (κ2) is 6.68. The third-order valence-corrected chi connectivity index (χ3v) is 6.25. The van der Waals surface area contributed by atoms with Gasteiger partial charge in [0.05, 0.1) is 10.4 Å². The molecule has 1 aromatic heterocycles. The average molecular weight is 379 g/mol. The number of sulfonamides is 1. The Bertz CT molecular complexity index is 920. The summed E-state index contributed by atoms with van der Waals surface area (Å²) >= 11 is 0. The topological polar surface area (TPSA) is 71.9 Å². The molecule has 0 spiro atoms. The maximum Gasteiger partial charge on any atom is 0.418 e. The van der Waals surface area contributed by atoms with Crippen molar-refractivity contribution in [3.63, 3.8) is 0 Å². The number of piperazine rings is 1. The van der Waals surface area contributed by atoms with Crippen molar-refractivity contribution >= 4 is 27.0 Å². The minimum Gasteiger partial charge on any atom is -0.443 e. The Hall–Kier alpha value is -1.90. The van der Waals surface area contributed by atoms with E-state index in [0.29, 0.717) is 24.0 Å². The van der Waals surface area contributed by atoms with Gasteiger partial charge >= 0.3 is 6.09 Å². The first-order chi connectivity index (χ1) is 12.1. The van der Waals surface area contributed by atoms with Gasteiger partial charge in [-0.1, -0.05) is 0 Å². The van der Waals surface area contributed by atoms with Crippen LogP contribution in [0.2, 0.25) is 0 Å². The van der Waals surface area contributed by atoms with E-state index in [9.17, 15) is 13.2 Å². The van der Waals surface area contributed by atoms with Crippen LogP contribution >= 0.6 is 0 Å². The SMILES string of the molecule is CN1CCN(S(=O)(=O)c2ccc3c(ccn3C(=O)OC(C)(C)C)c2)CC1. The third-order valence-electron chi connectivity index (χ3n) is 4.35. The van der Waals surface area contributed by atoms with Crippen molar-refractivity contribution < 1.29 is 17.9 Å². The van der Waals surface area contributed by atoms with E-state index < -0.39 is 21.7 Å². The number of ether oxygens (including phenoxy) is 1. The van der Waals surface area contributed by atoms with Crippen LogP contribution in [-0.2, 0) is 14.8 Å². The lowest BCUT2D eigenvalue weighted by atomic mass is 10.2. The predicted octanol–water partition coefficient (Wildman–Crippen LogP) is 2.36. The predicted molar refractivity (Wildman–Crippen MR) is 99.8 cm³/mol. The van der Waals surface area contributed by atoms with Crippen molar-refractivity contribution in [2.24, 2.45) is 0 Å². The van der Waals surface area contributed by atoms with Crippen LogP contribution in [-0.4, -0.2) is 67.1 Å². The molecule has 0 amide bonds. The number of fused-ring (bicyclic) bond motifs is 1. The third kappa shape index (κ3) is 3.77. The number of hydrogen-bond acceptors (Lipinski definition) is 5. The monoisotopic (exact) mass is 379 g/mol. The highest BCUT2D eigenvalue weighted by molar-refractivity contribution is 7.89. The van der Waals surface area contributed by atoms with E-state index in [4.69, 9.17) is 4.74 Å². The van der Waals surface area contributed by atoms with E-state index >= 15 is 0 Å². The minimum atomic E-state index is -3.54. The van der Waals surface area contributed by atoms with Crippen molar-refractivity contribution in [3.05, 3.63) is 30.5 Å². The van der Waals surface area contributed by atoms with E-state index in [1.165, 1.54) is 8.87 Å². The summed E-state index contributed by atoms with van der Waals surface area (Å²) in [6.07, 6.45) is 1.12. The Morgan fingerprint density at radius 3 is 2.35 bits per heavy atom. The molecule has 0 saturated carbocycles. The van der Waals surface area contributed by atoms with Gasteiger partial charge in [0.25, 0.3) is 0 Å². The second-order valence-corrected chi connectivity index (χ2v) is 9.53. The Labute approximate surface area is 154 Å². The molecular weight excluding hydrogens is 354 g/mol.